The van der Waals surface area contributed by atoms with Crippen LogP contribution in [0.15, 0.2) is 0 Å². The van der Waals surface area contributed by atoms with Gasteiger partial charge in [-0.15, -0.1) is 0 Å². The Kier molecular flexibility index (Phi) is 10.7. The van der Waals surface area contributed by atoms with Crippen LogP contribution in [0.3, 0.4) is 0 Å². The van der Waals surface area contributed by atoms with E-state index in [-0.39, 0.29) is 6.42 Å². The van der Waals surface area contributed by atoms with E-state index in [4.69, 9.17) is 9.47 Å². The molecular formula is C18H33NO7. The first kappa shape index (κ1) is 22.8. The number of amides is 1. The van der Waals surface area contributed by atoms with Crippen LogP contribution in [0, 0.1) is 0 Å². The van der Waals surface area contributed by atoms with E-state index in [2.05, 4.69) is 12.2 Å². The number of ether oxygens (including phenoxy) is 2. The van der Waals surface area contributed by atoms with Gasteiger partial charge in [0.15, 0.2) is 12.4 Å². The maximum atomic E-state index is 12.1. The minimum atomic E-state index is -1.49. The number of unbranched alkanes of at least 4 members (excludes halogenated alkanes) is 6. The van der Waals surface area contributed by atoms with E-state index in [1.54, 1.807) is 0 Å². The zero-order valence-electron chi connectivity index (χ0n) is 15.7. The predicted octanol–water partition coefficient (Wildman–Crippen LogP) is 0.614. The van der Waals surface area contributed by atoms with Gasteiger partial charge in [0.2, 0.25) is 5.91 Å². The van der Waals surface area contributed by atoms with Crippen LogP contribution in [0.5, 0.6) is 0 Å². The molecule has 152 valence electrons. The van der Waals surface area contributed by atoms with Crippen LogP contribution < -0.4 is 5.32 Å². The van der Waals surface area contributed by atoms with Crippen LogP contribution in [-0.4, -0.2) is 64.4 Å². The van der Waals surface area contributed by atoms with Crippen molar-refractivity contribution < 1.29 is 34.4 Å². The van der Waals surface area contributed by atoms with Crippen molar-refractivity contribution in [2.75, 3.05) is 6.61 Å². The summed E-state index contributed by atoms with van der Waals surface area (Å²) in [4.78, 5) is 23.4. The fourth-order valence-corrected chi connectivity index (χ4v) is 3.05. The Hall–Kier alpha value is -1.22. The van der Waals surface area contributed by atoms with Crippen molar-refractivity contribution in [2.24, 2.45) is 0 Å². The zero-order chi connectivity index (χ0) is 19.5. The summed E-state index contributed by atoms with van der Waals surface area (Å²) in [6, 6.07) is -1.09. The number of esters is 1. The lowest BCUT2D eigenvalue weighted by Gasteiger charge is -2.41. The van der Waals surface area contributed by atoms with Gasteiger partial charge in [-0.2, -0.15) is 0 Å². The normalized spacial score (nSPS) is 28.6. The monoisotopic (exact) mass is 375 g/mol. The van der Waals surface area contributed by atoms with Crippen molar-refractivity contribution in [3.63, 3.8) is 0 Å². The molecule has 0 saturated carbocycles. The van der Waals surface area contributed by atoms with Gasteiger partial charge < -0.3 is 30.1 Å². The SMILES string of the molecule is CCCCCCCCCC(=O)O[C@H]1[C@H](O)[C@@H](CO)O[C@@H](O)[C@H]1NC(C)=O. The topological polar surface area (TPSA) is 125 Å². The summed E-state index contributed by atoms with van der Waals surface area (Å²) >= 11 is 0. The Morgan fingerprint density at radius 3 is 2.27 bits per heavy atom. The van der Waals surface area contributed by atoms with Crippen LogP contribution in [-0.2, 0) is 19.1 Å². The van der Waals surface area contributed by atoms with Crippen molar-refractivity contribution in [2.45, 2.75) is 95.9 Å². The fourth-order valence-electron chi connectivity index (χ4n) is 3.05. The fraction of sp³-hybridized carbons (Fsp3) is 0.889. The molecule has 1 rings (SSSR count). The molecule has 0 aromatic carbocycles. The van der Waals surface area contributed by atoms with Crippen LogP contribution in [0.25, 0.3) is 0 Å². The third-order valence-electron chi connectivity index (χ3n) is 4.49. The molecule has 1 amide bonds. The van der Waals surface area contributed by atoms with Crippen molar-refractivity contribution in [1.29, 1.82) is 0 Å². The zero-order valence-corrected chi connectivity index (χ0v) is 15.7. The Bertz CT molecular complexity index is 432. The average Bonchev–Trinajstić information content (AvgIpc) is 2.59. The molecule has 0 unspecified atom stereocenters. The average molecular weight is 375 g/mol. The molecule has 8 nitrogen and oxygen atoms in total. The van der Waals surface area contributed by atoms with Crippen molar-refractivity contribution >= 4 is 11.9 Å². The molecule has 0 aromatic heterocycles. The first-order chi connectivity index (χ1) is 12.4. The van der Waals surface area contributed by atoms with E-state index >= 15 is 0 Å². The van der Waals surface area contributed by atoms with E-state index in [1.165, 1.54) is 26.2 Å². The van der Waals surface area contributed by atoms with Crippen molar-refractivity contribution in [3.05, 3.63) is 0 Å². The summed E-state index contributed by atoms with van der Waals surface area (Å²) in [5, 5.41) is 31.9. The quantitative estimate of drug-likeness (QED) is 0.308. The number of aliphatic hydroxyl groups is 3. The molecule has 8 heteroatoms. The summed E-state index contributed by atoms with van der Waals surface area (Å²) in [5.74, 6) is -0.968. The highest BCUT2D eigenvalue weighted by molar-refractivity contribution is 5.73. The van der Waals surface area contributed by atoms with E-state index in [0.717, 1.165) is 19.3 Å². The molecular weight excluding hydrogens is 342 g/mol. The van der Waals surface area contributed by atoms with Crippen LogP contribution in [0.2, 0.25) is 0 Å². The molecule has 1 heterocycles. The van der Waals surface area contributed by atoms with Gasteiger partial charge in [-0.25, -0.2) is 0 Å². The lowest BCUT2D eigenvalue weighted by molar-refractivity contribution is -0.258. The molecule has 4 N–H and O–H groups in total. The van der Waals surface area contributed by atoms with Gasteiger partial charge in [0.05, 0.1) is 6.61 Å². The van der Waals surface area contributed by atoms with Gasteiger partial charge >= 0.3 is 5.97 Å². The molecule has 1 fully saturated rings. The Balaban J connectivity index is 2.49. The van der Waals surface area contributed by atoms with Crippen LogP contribution in [0.4, 0.5) is 0 Å². The maximum Gasteiger partial charge on any atom is 0.306 e. The predicted molar refractivity (Wildman–Crippen MR) is 94.1 cm³/mol. The molecule has 0 aromatic rings. The van der Waals surface area contributed by atoms with Crippen molar-refractivity contribution in [1.82, 2.24) is 5.32 Å². The summed E-state index contributed by atoms with van der Waals surface area (Å²) in [6.45, 7) is 2.86. The van der Waals surface area contributed by atoms with E-state index in [9.17, 15) is 24.9 Å². The van der Waals surface area contributed by atoms with E-state index in [1.807, 2.05) is 0 Å². The van der Waals surface area contributed by atoms with Crippen LogP contribution in [0.1, 0.15) is 65.2 Å². The number of hydrogen-bond acceptors (Lipinski definition) is 7. The van der Waals surface area contributed by atoms with E-state index < -0.39 is 49.1 Å². The Morgan fingerprint density at radius 1 is 1.08 bits per heavy atom. The van der Waals surface area contributed by atoms with Crippen LogP contribution >= 0.6 is 0 Å². The Labute approximate surface area is 154 Å². The maximum absolute atomic E-state index is 12.1. The van der Waals surface area contributed by atoms with Gasteiger partial charge in [0, 0.05) is 13.3 Å². The first-order valence-electron chi connectivity index (χ1n) is 9.49. The molecule has 0 bridgehead atoms. The smallest absolute Gasteiger partial charge is 0.306 e. The number of aliphatic hydroxyl groups excluding tert-OH is 3. The van der Waals surface area contributed by atoms with E-state index in [0.29, 0.717) is 6.42 Å². The molecule has 1 aliphatic heterocycles. The van der Waals surface area contributed by atoms with Gasteiger partial charge in [-0.05, 0) is 6.42 Å². The molecule has 0 spiro atoms. The standard InChI is InChI=1S/C18H33NO7/c1-3-4-5-6-7-8-9-10-14(22)26-17-15(19-12(2)21)18(24)25-13(11-20)16(17)23/h13,15-18,20,23-24H,3-11H2,1-2H3,(H,19,21)/t13-,15+,16-,17-,18-/m1/s1. The van der Waals surface area contributed by atoms with Crippen molar-refractivity contribution in [3.8, 4) is 0 Å². The molecule has 1 saturated heterocycles. The second-order valence-electron chi connectivity index (χ2n) is 6.79. The third kappa shape index (κ3) is 7.57. The second-order valence-corrected chi connectivity index (χ2v) is 6.79. The highest BCUT2D eigenvalue weighted by Crippen LogP contribution is 2.23. The van der Waals surface area contributed by atoms with Gasteiger partial charge in [-0.3, -0.25) is 9.59 Å². The minimum absolute atomic E-state index is 0.199. The number of carbonyl (C=O) groups is 2. The van der Waals surface area contributed by atoms with Gasteiger partial charge in [-0.1, -0.05) is 45.4 Å². The summed E-state index contributed by atoms with van der Waals surface area (Å²) < 4.78 is 10.4. The number of hydrogen-bond donors (Lipinski definition) is 4. The number of nitrogens with one attached hydrogen (secondary N) is 1. The highest BCUT2D eigenvalue weighted by Gasteiger charge is 2.47. The third-order valence-corrected chi connectivity index (χ3v) is 4.49. The molecule has 5 atom stereocenters. The Morgan fingerprint density at radius 2 is 1.69 bits per heavy atom. The largest absolute Gasteiger partial charge is 0.457 e. The molecule has 26 heavy (non-hydrogen) atoms. The molecule has 0 radical (unpaired) electrons. The summed E-state index contributed by atoms with van der Waals surface area (Å²) in [7, 11) is 0. The lowest BCUT2D eigenvalue weighted by Crippen LogP contribution is -2.65. The van der Waals surface area contributed by atoms with Gasteiger partial charge in [0.25, 0.3) is 0 Å². The number of rotatable bonds is 11. The molecule has 0 aliphatic carbocycles. The molecule has 1 aliphatic rings. The van der Waals surface area contributed by atoms with Gasteiger partial charge in [0.1, 0.15) is 18.2 Å². The summed E-state index contributed by atoms with van der Waals surface area (Å²) in [6.07, 6.45) is 2.52. The highest BCUT2D eigenvalue weighted by atomic mass is 16.6. The second kappa shape index (κ2) is 12.2. The summed E-state index contributed by atoms with van der Waals surface area (Å²) in [5.41, 5.74) is 0. The minimum Gasteiger partial charge on any atom is -0.457 e. The first-order valence-corrected chi connectivity index (χ1v) is 9.49. The lowest BCUT2D eigenvalue weighted by atomic mass is 9.96. The number of carbonyl (C=O) groups excluding carboxylic acids is 2.